The topological polar surface area (TPSA) is 25.8 Å². The number of benzene rings is 1. The van der Waals surface area contributed by atoms with Gasteiger partial charge in [-0.25, -0.2) is 9.97 Å². The molecule has 1 heterocycles. The van der Waals surface area contributed by atoms with Crippen molar-refractivity contribution in [1.82, 2.24) is 9.97 Å². The molecule has 1 aliphatic carbocycles. The smallest absolute Gasteiger partial charge is 0.328 e. The Kier molecular flexibility index (Phi) is 6.53. The summed E-state index contributed by atoms with van der Waals surface area (Å²) in [7, 11) is 0. The van der Waals surface area contributed by atoms with Crippen molar-refractivity contribution in [3.05, 3.63) is 54.2 Å². The van der Waals surface area contributed by atoms with E-state index in [4.69, 9.17) is 0 Å². The van der Waals surface area contributed by atoms with Crippen LogP contribution in [0, 0.1) is 13.3 Å². The molecule has 3 rings (SSSR count). The van der Waals surface area contributed by atoms with Crippen molar-refractivity contribution in [3.63, 3.8) is 0 Å². The monoisotopic (exact) mass is 336 g/mol. The van der Waals surface area contributed by atoms with Crippen LogP contribution in [0.3, 0.4) is 0 Å². The Morgan fingerprint density at radius 2 is 1.60 bits per heavy atom. The Labute approximate surface area is 170 Å². The predicted molar refractivity (Wildman–Crippen MR) is 77.7 cm³/mol. The van der Waals surface area contributed by atoms with Crippen LogP contribution in [0.4, 0.5) is 0 Å². The van der Waals surface area contributed by atoms with Crippen molar-refractivity contribution in [1.29, 1.82) is 0 Å². The van der Waals surface area contributed by atoms with Gasteiger partial charge in [-0.1, -0.05) is 37.1 Å². The second kappa shape index (κ2) is 7.93. The summed E-state index contributed by atoms with van der Waals surface area (Å²) in [5.41, 5.74) is 3.66. The van der Waals surface area contributed by atoms with Crippen LogP contribution in [0.1, 0.15) is 42.7 Å². The van der Waals surface area contributed by atoms with Crippen LogP contribution in [0.5, 0.6) is 0 Å². The van der Waals surface area contributed by atoms with Crippen molar-refractivity contribution in [2.24, 2.45) is 0 Å². The molecule has 0 saturated heterocycles. The fourth-order valence-corrected chi connectivity index (χ4v) is 2.71. The molecular formula is C17H19N2Rb. The molecule has 0 radical (unpaired) electrons. The van der Waals surface area contributed by atoms with Gasteiger partial charge in [0.1, 0.15) is 0 Å². The minimum absolute atomic E-state index is 0. The maximum Gasteiger partial charge on any atom is 1.00 e. The van der Waals surface area contributed by atoms with E-state index in [0.29, 0.717) is 0 Å². The van der Waals surface area contributed by atoms with Gasteiger partial charge in [-0.05, 0) is 24.0 Å². The predicted octanol–water partition coefficient (Wildman–Crippen LogP) is 1.32. The molecule has 2 nitrogen and oxygen atoms in total. The van der Waals surface area contributed by atoms with Crippen LogP contribution in [-0.4, -0.2) is 9.97 Å². The van der Waals surface area contributed by atoms with E-state index in [9.17, 15) is 0 Å². The van der Waals surface area contributed by atoms with E-state index in [2.05, 4.69) is 40.7 Å². The SMILES string of the molecule is Cc1cnc(-c2ccc(C3CC[CH-]CC3)cc2)nc1.[Rb+]. The third-order valence-corrected chi connectivity index (χ3v) is 3.86. The maximum atomic E-state index is 4.37. The second-order valence-corrected chi connectivity index (χ2v) is 5.35. The molecule has 0 N–H and O–H groups in total. The van der Waals surface area contributed by atoms with Gasteiger partial charge in [0.25, 0.3) is 0 Å². The number of hydrogen-bond donors (Lipinski definition) is 0. The molecule has 1 fully saturated rings. The molecule has 1 aromatic heterocycles. The minimum Gasteiger partial charge on any atom is -0.328 e. The van der Waals surface area contributed by atoms with Crippen molar-refractivity contribution >= 4 is 0 Å². The molecule has 98 valence electrons. The van der Waals surface area contributed by atoms with E-state index in [0.717, 1.165) is 22.9 Å². The zero-order chi connectivity index (χ0) is 13.1. The van der Waals surface area contributed by atoms with Gasteiger partial charge in [-0.2, -0.15) is 12.8 Å². The number of hydrogen-bond acceptors (Lipinski definition) is 2. The summed E-state index contributed by atoms with van der Waals surface area (Å²) in [5.74, 6) is 1.55. The Hall–Kier alpha value is 0.105. The van der Waals surface area contributed by atoms with Crippen LogP contribution < -0.4 is 58.2 Å². The first-order valence-corrected chi connectivity index (χ1v) is 7.03. The Morgan fingerprint density at radius 1 is 1.00 bits per heavy atom. The van der Waals surface area contributed by atoms with Gasteiger partial charge < -0.3 is 6.42 Å². The molecule has 0 amide bonds. The van der Waals surface area contributed by atoms with Crippen molar-refractivity contribution in [2.75, 3.05) is 0 Å². The van der Waals surface area contributed by atoms with Gasteiger partial charge in [0, 0.05) is 18.0 Å². The second-order valence-electron chi connectivity index (χ2n) is 5.35. The van der Waals surface area contributed by atoms with Gasteiger partial charge in [0.15, 0.2) is 5.82 Å². The third kappa shape index (κ3) is 4.06. The summed E-state index contributed by atoms with van der Waals surface area (Å²) in [5, 5.41) is 0. The summed E-state index contributed by atoms with van der Waals surface area (Å²) in [6.45, 7) is 2.01. The number of aromatic nitrogens is 2. The molecule has 0 spiro atoms. The summed E-state index contributed by atoms with van der Waals surface area (Å²) in [4.78, 5) is 8.75. The molecule has 1 saturated carbocycles. The molecule has 1 aliphatic rings. The fourth-order valence-electron chi connectivity index (χ4n) is 2.71. The van der Waals surface area contributed by atoms with Crippen LogP contribution in [0.2, 0.25) is 0 Å². The maximum absolute atomic E-state index is 4.37. The van der Waals surface area contributed by atoms with Crippen molar-refractivity contribution in [3.8, 4) is 11.4 Å². The number of aryl methyl sites for hydroxylation is 1. The van der Waals surface area contributed by atoms with Crippen LogP contribution in [-0.2, 0) is 0 Å². The van der Waals surface area contributed by atoms with Gasteiger partial charge in [0.2, 0.25) is 0 Å². The van der Waals surface area contributed by atoms with E-state index < -0.39 is 0 Å². The zero-order valence-electron chi connectivity index (χ0n) is 12.3. The molecular weight excluding hydrogens is 318 g/mol. The average molecular weight is 337 g/mol. The molecule has 0 bridgehead atoms. The molecule has 0 unspecified atom stereocenters. The molecule has 0 atom stereocenters. The van der Waals surface area contributed by atoms with Crippen LogP contribution in [0.15, 0.2) is 36.7 Å². The van der Waals surface area contributed by atoms with E-state index in [1.807, 2.05) is 19.3 Å². The summed E-state index contributed by atoms with van der Waals surface area (Å²) >= 11 is 0. The van der Waals surface area contributed by atoms with E-state index >= 15 is 0 Å². The summed E-state index contributed by atoms with van der Waals surface area (Å²) in [6, 6.07) is 8.79. The fraction of sp³-hybridized carbons (Fsp3) is 0.353. The first-order valence-electron chi connectivity index (χ1n) is 7.03. The van der Waals surface area contributed by atoms with Crippen LogP contribution in [0.25, 0.3) is 11.4 Å². The first kappa shape index (κ1) is 16.5. The van der Waals surface area contributed by atoms with Gasteiger partial charge in [-0.3, -0.25) is 0 Å². The number of nitrogens with zero attached hydrogens (tertiary/aromatic N) is 2. The van der Waals surface area contributed by atoms with Crippen molar-refractivity contribution < 1.29 is 58.2 Å². The Balaban J connectivity index is 0.00000147. The molecule has 3 heteroatoms. The molecule has 1 aromatic carbocycles. The molecule has 20 heavy (non-hydrogen) atoms. The standard InChI is InChI=1S/C17H19N2.Rb/c1-13-11-18-17(19-12-13)16-9-7-15(8-10-16)14-5-3-2-4-6-14;/h2,7-12,14H,3-6H2,1H3;/q-1;+1. The molecule has 0 aliphatic heterocycles. The third-order valence-electron chi connectivity index (χ3n) is 3.86. The number of rotatable bonds is 2. The van der Waals surface area contributed by atoms with Crippen LogP contribution >= 0.6 is 0 Å². The van der Waals surface area contributed by atoms with E-state index in [1.165, 1.54) is 31.2 Å². The Bertz CT molecular complexity index is 528. The minimum atomic E-state index is 0. The summed E-state index contributed by atoms with van der Waals surface area (Å²) in [6.07, 6.45) is 11.2. The first-order chi connectivity index (χ1) is 9.33. The van der Waals surface area contributed by atoms with E-state index in [1.54, 1.807) is 0 Å². The Morgan fingerprint density at radius 3 is 2.20 bits per heavy atom. The summed E-state index contributed by atoms with van der Waals surface area (Å²) < 4.78 is 0. The normalized spacial score (nSPS) is 15.7. The quantitative estimate of drug-likeness (QED) is 0.773. The van der Waals surface area contributed by atoms with Gasteiger partial charge >= 0.3 is 58.2 Å². The van der Waals surface area contributed by atoms with Gasteiger partial charge in [-0.15, -0.1) is 0 Å². The zero-order valence-corrected chi connectivity index (χ0v) is 17.3. The molecule has 2 aromatic rings. The van der Waals surface area contributed by atoms with Crippen molar-refractivity contribution in [2.45, 2.75) is 38.5 Å². The van der Waals surface area contributed by atoms with E-state index in [-0.39, 0.29) is 58.2 Å². The largest absolute Gasteiger partial charge is 1.00 e. The average Bonchev–Trinajstić information content (AvgIpc) is 2.49. The van der Waals surface area contributed by atoms with Gasteiger partial charge in [0.05, 0.1) is 0 Å².